The van der Waals surface area contributed by atoms with Crippen molar-refractivity contribution < 1.29 is 14.6 Å². The van der Waals surface area contributed by atoms with Crippen LogP contribution in [0.5, 0.6) is 0 Å². The summed E-state index contributed by atoms with van der Waals surface area (Å²) in [5.41, 5.74) is -0.758. The van der Waals surface area contributed by atoms with E-state index >= 15 is 0 Å². The fraction of sp³-hybridized carbons (Fsp3) is 0.917. The van der Waals surface area contributed by atoms with Gasteiger partial charge in [0.2, 0.25) is 0 Å². The molecule has 1 atom stereocenters. The van der Waals surface area contributed by atoms with Crippen LogP contribution >= 0.6 is 0 Å². The highest BCUT2D eigenvalue weighted by molar-refractivity contribution is 5.91. The Morgan fingerprint density at radius 2 is 2.06 bits per heavy atom. The van der Waals surface area contributed by atoms with Crippen LogP contribution in [-0.2, 0) is 9.53 Å². The topological polar surface area (TPSA) is 49.8 Å². The lowest BCUT2D eigenvalue weighted by Crippen LogP contribution is -2.60. The molecule has 0 aliphatic carbocycles. The van der Waals surface area contributed by atoms with Gasteiger partial charge in [0.25, 0.3) is 0 Å². The van der Waals surface area contributed by atoms with Gasteiger partial charge in [-0.25, -0.2) is 0 Å². The van der Waals surface area contributed by atoms with Gasteiger partial charge in [-0.15, -0.1) is 0 Å². The van der Waals surface area contributed by atoms with Crippen LogP contribution in [0, 0.1) is 5.92 Å². The number of fused-ring (bicyclic) bond motifs is 3. The van der Waals surface area contributed by atoms with Crippen LogP contribution < -0.4 is 0 Å². The Balaban J connectivity index is 2.34. The van der Waals surface area contributed by atoms with Crippen molar-refractivity contribution in [1.82, 2.24) is 4.90 Å². The van der Waals surface area contributed by atoms with Crippen molar-refractivity contribution in [2.24, 2.45) is 5.92 Å². The summed E-state index contributed by atoms with van der Waals surface area (Å²) < 4.78 is 5.19. The molecular weight excluding hydrogens is 206 g/mol. The Labute approximate surface area is 96.6 Å². The summed E-state index contributed by atoms with van der Waals surface area (Å²) >= 11 is 0. The molecule has 16 heavy (non-hydrogen) atoms. The molecule has 2 rings (SSSR count). The van der Waals surface area contributed by atoms with E-state index in [2.05, 4.69) is 4.90 Å². The van der Waals surface area contributed by atoms with Crippen molar-refractivity contribution in [2.45, 2.75) is 31.2 Å². The molecular formula is C12H21NO3. The molecule has 92 valence electrons. The molecule has 1 N–H and O–H groups in total. The molecule has 2 bridgehead atoms. The van der Waals surface area contributed by atoms with E-state index in [0.29, 0.717) is 6.61 Å². The fourth-order valence-electron chi connectivity index (χ4n) is 3.16. The molecule has 0 aromatic heterocycles. The third-order valence-corrected chi connectivity index (χ3v) is 4.04. The van der Waals surface area contributed by atoms with Gasteiger partial charge < -0.3 is 9.84 Å². The van der Waals surface area contributed by atoms with Crippen LogP contribution in [0.25, 0.3) is 0 Å². The van der Waals surface area contributed by atoms with Crippen molar-refractivity contribution >= 4 is 5.78 Å². The smallest absolute Gasteiger partial charge is 0.160 e. The lowest BCUT2D eigenvalue weighted by atomic mass is 9.85. The number of hydrogen-bond donors (Lipinski definition) is 1. The predicted molar refractivity (Wildman–Crippen MR) is 60.2 cm³/mol. The molecule has 0 aromatic rings. The van der Waals surface area contributed by atoms with Gasteiger partial charge in [-0.3, -0.25) is 9.69 Å². The predicted octanol–water partition coefficient (Wildman–Crippen LogP) is 0.439. The highest BCUT2D eigenvalue weighted by atomic mass is 16.5. The minimum atomic E-state index is -0.758. The first-order valence-electron chi connectivity index (χ1n) is 6.14. The van der Waals surface area contributed by atoms with E-state index in [-0.39, 0.29) is 18.3 Å². The average molecular weight is 227 g/mol. The number of ether oxygens (including phenoxy) is 1. The number of hydrogen-bond acceptors (Lipinski definition) is 4. The van der Waals surface area contributed by atoms with Crippen LogP contribution in [0.3, 0.4) is 0 Å². The van der Waals surface area contributed by atoms with Crippen LogP contribution in [0.15, 0.2) is 0 Å². The lowest BCUT2D eigenvalue weighted by molar-refractivity contribution is -0.139. The molecule has 0 amide bonds. The van der Waals surface area contributed by atoms with Crippen molar-refractivity contribution in [2.75, 3.05) is 33.4 Å². The molecule has 0 aromatic carbocycles. The summed E-state index contributed by atoms with van der Waals surface area (Å²) in [6.07, 6.45) is 4.06. The Kier molecular flexibility index (Phi) is 3.62. The first-order valence-corrected chi connectivity index (χ1v) is 6.14. The van der Waals surface area contributed by atoms with E-state index in [4.69, 9.17) is 4.74 Å². The summed E-state index contributed by atoms with van der Waals surface area (Å²) in [4.78, 5) is 14.6. The molecule has 4 heteroatoms. The number of carbonyl (C=O) groups excluding carboxylic acids is 1. The van der Waals surface area contributed by atoms with E-state index < -0.39 is 5.54 Å². The van der Waals surface area contributed by atoms with Gasteiger partial charge in [-0.1, -0.05) is 0 Å². The summed E-state index contributed by atoms with van der Waals surface area (Å²) in [7, 11) is 1.60. The average Bonchev–Trinajstić information content (AvgIpc) is 2.44. The number of aliphatic hydroxyl groups excluding tert-OH is 1. The largest absolute Gasteiger partial charge is 0.394 e. The lowest BCUT2D eigenvalue weighted by Gasteiger charge is -2.39. The first-order chi connectivity index (χ1) is 7.74. The van der Waals surface area contributed by atoms with Gasteiger partial charge in [-0.05, 0) is 38.8 Å². The molecule has 2 heterocycles. The minimum Gasteiger partial charge on any atom is -0.394 e. The Hall–Kier alpha value is -0.450. The number of nitrogens with zero attached hydrogens (tertiary/aromatic N) is 1. The summed E-state index contributed by atoms with van der Waals surface area (Å²) in [5.74, 6) is 0.335. The van der Waals surface area contributed by atoms with E-state index in [9.17, 15) is 9.90 Å². The van der Waals surface area contributed by atoms with E-state index in [1.54, 1.807) is 7.11 Å². The molecule has 0 radical (unpaired) electrons. The van der Waals surface area contributed by atoms with E-state index in [0.717, 1.165) is 38.8 Å². The summed E-state index contributed by atoms with van der Waals surface area (Å²) in [5, 5.41) is 9.67. The third-order valence-electron chi connectivity index (χ3n) is 4.04. The maximum atomic E-state index is 12.5. The fourth-order valence-corrected chi connectivity index (χ4v) is 3.16. The van der Waals surface area contributed by atoms with Crippen molar-refractivity contribution in [3.05, 3.63) is 0 Å². The van der Waals surface area contributed by atoms with E-state index in [1.807, 2.05) is 0 Å². The summed E-state index contributed by atoms with van der Waals surface area (Å²) in [6, 6.07) is 0. The highest BCUT2D eigenvalue weighted by Crippen LogP contribution is 2.34. The zero-order chi connectivity index (χ0) is 11.6. The second kappa shape index (κ2) is 4.82. The quantitative estimate of drug-likeness (QED) is 0.760. The minimum absolute atomic E-state index is 0.115. The molecule has 0 saturated carbocycles. The second-order valence-electron chi connectivity index (χ2n) is 4.96. The zero-order valence-electron chi connectivity index (χ0n) is 9.95. The van der Waals surface area contributed by atoms with Crippen molar-refractivity contribution in [3.8, 4) is 0 Å². The number of rotatable bonds is 3. The van der Waals surface area contributed by atoms with Gasteiger partial charge in [0.1, 0.15) is 5.54 Å². The van der Waals surface area contributed by atoms with Gasteiger partial charge in [0.15, 0.2) is 5.78 Å². The van der Waals surface area contributed by atoms with E-state index in [1.165, 1.54) is 0 Å². The van der Waals surface area contributed by atoms with Crippen molar-refractivity contribution in [1.29, 1.82) is 0 Å². The van der Waals surface area contributed by atoms with Crippen LogP contribution in [0.4, 0.5) is 0 Å². The Morgan fingerprint density at radius 1 is 1.44 bits per heavy atom. The van der Waals surface area contributed by atoms with Gasteiger partial charge in [0.05, 0.1) is 13.2 Å². The SMILES string of the molecule is COCC1(CO)C(=O)C2CCCN1CCC2. The molecule has 2 aliphatic rings. The summed E-state index contributed by atoms with van der Waals surface area (Å²) in [6.45, 7) is 2.02. The van der Waals surface area contributed by atoms with Crippen LogP contribution in [0.2, 0.25) is 0 Å². The number of carbonyl (C=O) groups is 1. The second-order valence-corrected chi connectivity index (χ2v) is 4.96. The third kappa shape index (κ3) is 1.79. The van der Waals surface area contributed by atoms with Gasteiger partial charge >= 0.3 is 0 Å². The first kappa shape index (κ1) is 12.0. The number of Topliss-reactive ketones (excluding diaryl/α,β-unsaturated/α-hetero) is 1. The van der Waals surface area contributed by atoms with Crippen LogP contribution in [-0.4, -0.2) is 54.7 Å². The van der Waals surface area contributed by atoms with Gasteiger partial charge in [0, 0.05) is 13.0 Å². The van der Waals surface area contributed by atoms with Gasteiger partial charge in [-0.2, -0.15) is 0 Å². The molecule has 4 nitrogen and oxygen atoms in total. The highest BCUT2D eigenvalue weighted by Gasteiger charge is 2.49. The van der Waals surface area contributed by atoms with Crippen LogP contribution in [0.1, 0.15) is 25.7 Å². The monoisotopic (exact) mass is 227 g/mol. The zero-order valence-corrected chi connectivity index (χ0v) is 9.95. The molecule has 2 fully saturated rings. The molecule has 0 spiro atoms. The Morgan fingerprint density at radius 3 is 2.56 bits per heavy atom. The maximum absolute atomic E-state index is 12.5. The molecule has 2 saturated heterocycles. The number of methoxy groups -OCH3 is 1. The molecule has 1 unspecified atom stereocenters. The molecule has 2 aliphatic heterocycles. The number of aliphatic hydroxyl groups is 1. The van der Waals surface area contributed by atoms with Crippen molar-refractivity contribution in [3.63, 3.8) is 0 Å². The normalized spacial score (nSPS) is 39.5. The Bertz CT molecular complexity index is 259. The maximum Gasteiger partial charge on any atom is 0.160 e. The standard InChI is InChI=1S/C12H21NO3/c1-16-9-12(8-14)11(15)10-4-2-6-13(12)7-3-5-10/h10,14H,2-9H2,1H3. The number of ketones is 1.